The molecule has 0 aliphatic heterocycles. The van der Waals surface area contributed by atoms with Gasteiger partial charge in [0.25, 0.3) is 5.69 Å². The summed E-state index contributed by atoms with van der Waals surface area (Å²) in [6.45, 7) is 1.68. The first-order valence-corrected chi connectivity index (χ1v) is 3.50. The summed E-state index contributed by atoms with van der Waals surface area (Å²) >= 11 is 0. The number of nitro benzene ring substituents is 1. The Bertz CT molecular complexity index is 383. The van der Waals surface area contributed by atoms with E-state index in [1.807, 2.05) is 0 Å². The van der Waals surface area contributed by atoms with Crippen molar-refractivity contribution in [1.29, 1.82) is 0 Å². The van der Waals surface area contributed by atoms with Gasteiger partial charge in [-0.25, -0.2) is 4.79 Å². The number of nitrogens with zero attached hydrogens (tertiary/aromatic N) is 1. The van der Waals surface area contributed by atoms with Crippen LogP contribution in [-0.2, 0) is 0 Å². The molecule has 0 atom stereocenters. The molecule has 0 unspecified atom stereocenters. The van der Waals surface area contributed by atoms with Crippen molar-refractivity contribution in [2.45, 2.75) is 6.92 Å². The molecule has 0 aliphatic carbocycles. The molecule has 0 heterocycles. The molecular weight excluding hydrogens is 197 g/mol. The van der Waals surface area contributed by atoms with Gasteiger partial charge in [-0.15, -0.1) is 0 Å². The zero-order valence-corrected chi connectivity index (χ0v) is 9.85. The van der Waals surface area contributed by atoms with Crippen LogP contribution in [0.1, 0.15) is 17.3 Å². The van der Waals surface area contributed by atoms with E-state index in [2.05, 4.69) is 0 Å². The second kappa shape index (κ2) is 5.09. The Hall–Kier alpha value is -0.910. The number of benzene rings is 1. The van der Waals surface area contributed by atoms with Crippen LogP contribution in [0.25, 0.3) is 0 Å². The van der Waals surface area contributed by atoms with E-state index in [1.165, 1.54) is 18.2 Å². The Morgan fingerprint density at radius 1 is 1.57 bits per heavy atom. The SMILES string of the molecule is Cc1ccc([N+](=O)[O-])c(C(=O)O)c1.[H-].[Na+]. The molecule has 0 aliphatic rings. The third-order valence-electron chi connectivity index (χ3n) is 1.58. The van der Waals surface area contributed by atoms with E-state index < -0.39 is 10.9 Å². The summed E-state index contributed by atoms with van der Waals surface area (Å²) in [5, 5.41) is 19.0. The first kappa shape index (κ1) is 13.1. The van der Waals surface area contributed by atoms with Gasteiger partial charge in [0, 0.05) is 6.07 Å². The van der Waals surface area contributed by atoms with Gasteiger partial charge in [-0.1, -0.05) is 6.07 Å². The van der Waals surface area contributed by atoms with E-state index in [1.54, 1.807) is 6.92 Å². The van der Waals surface area contributed by atoms with Crippen LogP contribution >= 0.6 is 0 Å². The number of carbonyl (C=O) groups is 1. The topological polar surface area (TPSA) is 80.4 Å². The second-order valence-electron chi connectivity index (χ2n) is 2.58. The van der Waals surface area contributed by atoms with Gasteiger partial charge in [0.05, 0.1) is 4.92 Å². The summed E-state index contributed by atoms with van der Waals surface area (Å²) in [4.78, 5) is 20.2. The van der Waals surface area contributed by atoms with Crippen molar-refractivity contribution in [3.8, 4) is 0 Å². The Morgan fingerprint density at radius 2 is 2.14 bits per heavy atom. The molecule has 14 heavy (non-hydrogen) atoms. The summed E-state index contributed by atoms with van der Waals surface area (Å²) in [6, 6.07) is 3.98. The van der Waals surface area contributed by atoms with Crippen molar-refractivity contribution in [3.63, 3.8) is 0 Å². The number of aromatic carboxylic acids is 1. The average Bonchev–Trinajstić information content (AvgIpc) is 2.03. The molecule has 0 amide bonds. The molecule has 5 nitrogen and oxygen atoms in total. The van der Waals surface area contributed by atoms with E-state index in [-0.39, 0.29) is 42.2 Å². The normalized spacial score (nSPS) is 8.93. The quantitative estimate of drug-likeness (QED) is 0.370. The van der Waals surface area contributed by atoms with Crippen molar-refractivity contribution >= 4 is 11.7 Å². The number of carboxylic acid groups (broad SMARTS) is 1. The van der Waals surface area contributed by atoms with E-state index in [0.717, 1.165) is 0 Å². The van der Waals surface area contributed by atoms with Crippen LogP contribution < -0.4 is 29.6 Å². The number of hydrogen-bond acceptors (Lipinski definition) is 3. The van der Waals surface area contributed by atoms with Crippen molar-refractivity contribution in [2.24, 2.45) is 0 Å². The fourth-order valence-corrected chi connectivity index (χ4v) is 0.980. The Labute approximate surface area is 104 Å². The molecule has 0 aromatic heterocycles. The first-order chi connectivity index (χ1) is 6.02. The third-order valence-corrected chi connectivity index (χ3v) is 1.58. The van der Waals surface area contributed by atoms with Crippen LogP contribution in [0.15, 0.2) is 18.2 Å². The molecule has 1 aromatic rings. The number of rotatable bonds is 2. The molecule has 1 aromatic carbocycles. The van der Waals surface area contributed by atoms with Gasteiger partial charge in [0.15, 0.2) is 0 Å². The van der Waals surface area contributed by atoms with E-state index in [4.69, 9.17) is 5.11 Å². The fraction of sp³-hybridized carbons (Fsp3) is 0.125. The van der Waals surface area contributed by atoms with Gasteiger partial charge >= 0.3 is 35.5 Å². The zero-order chi connectivity index (χ0) is 10.0. The predicted molar refractivity (Wildman–Crippen MR) is 45.9 cm³/mol. The molecule has 0 radical (unpaired) electrons. The number of carboxylic acids is 1. The van der Waals surface area contributed by atoms with Gasteiger partial charge in [-0.3, -0.25) is 10.1 Å². The number of hydrogen-bond donors (Lipinski definition) is 1. The van der Waals surface area contributed by atoms with Crippen molar-refractivity contribution < 1.29 is 45.8 Å². The molecule has 70 valence electrons. The van der Waals surface area contributed by atoms with Gasteiger partial charge in [-0.05, 0) is 18.6 Å². The van der Waals surface area contributed by atoms with Crippen molar-refractivity contribution in [1.82, 2.24) is 0 Å². The summed E-state index contributed by atoms with van der Waals surface area (Å²) < 4.78 is 0. The van der Waals surface area contributed by atoms with Crippen LogP contribution in [0.4, 0.5) is 5.69 Å². The molecule has 0 fully saturated rings. The molecule has 1 N–H and O–H groups in total. The predicted octanol–water partition coefficient (Wildman–Crippen LogP) is -1.28. The largest absolute Gasteiger partial charge is 1.00 e. The van der Waals surface area contributed by atoms with Crippen LogP contribution in [0, 0.1) is 17.0 Å². The van der Waals surface area contributed by atoms with Gasteiger partial charge in [0.1, 0.15) is 5.56 Å². The molecule has 0 spiro atoms. The van der Waals surface area contributed by atoms with Gasteiger partial charge < -0.3 is 6.53 Å². The standard InChI is InChI=1S/C8H7NO4.Na.H/c1-5-2-3-7(9(12)13)6(4-5)8(10)11;;/h2-4H,1H3,(H,10,11);;/q;+1;-1. The molecule has 0 saturated heterocycles. The minimum absolute atomic E-state index is 0. The Balaban J connectivity index is 0. The van der Waals surface area contributed by atoms with Crippen LogP contribution in [0.3, 0.4) is 0 Å². The minimum Gasteiger partial charge on any atom is -1.00 e. The molecule has 0 bridgehead atoms. The van der Waals surface area contributed by atoms with E-state index in [9.17, 15) is 14.9 Å². The maximum Gasteiger partial charge on any atom is 1.00 e. The van der Waals surface area contributed by atoms with Crippen LogP contribution in [0.2, 0.25) is 0 Å². The monoisotopic (exact) mass is 205 g/mol. The van der Waals surface area contributed by atoms with Crippen LogP contribution in [0.5, 0.6) is 0 Å². The second-order valence-corrected chi connectivity index (χ2v) is 2.58. The summed E-state index contributed by atoms with van der Waals surface area (Å²) in [6.07, 6.45) is 0. The maximum absolute atomic E-state index is 10.6. The van der Waals surface area contributed by atoms with E-state index in [0.29, 0.717) is 5.56 Å². The maximum atomic E-state index is 10.6. The Kier molecular flexibility index (Phi) is 4.76. The third kappa shape index (κ3) is 2.80. The van der Waals surface area contributed by atoms with Crippen molar-refractivity contribution in [2.75, 3.05) is 0 Å². The summed E-state index contributed by atoms with van der Waals surface area (Å²) in [5.74, 6) is -1.28. The Morgan fingerprint density at radius 3 is 2.57 bits per heavy atom. The first-order valence-electron chi connectivity index (χ1n) is 3.50. The molecular formula is C8H8NNaO4. The summed E-state index contributed by atoms with van der Waals surface area (Å²) in [7, 11) is 0. The molecule has 0 saturated carbocycles. The molecule has 1 rings (SSSR count). The molecule has 6 heteroatoms. The van der Waals surface area contributed by atoms with Gasteiger partial charge in [0.2, 0.25) is 0 Å². The zero-order valence-electron chi connectivity index (χ0n) is 8.85. The smallest absolute Gasteiger partial charge is 1.00 e. The average molecular weight is 205 g/mol. The number of nitro groups is 1. The minimum atomic E-state index is -1.28. The van der Waals surface area contributed by atoms with Crippen LogP contribution in [-0.4, -0.2) is 16.0 Å². The fourth-order valence-electron chi connectivity index (χ4n) is 0.980. The number of aryl methyl sites for hydroxylation is 1. The van der Waals surface area contributed by atoms with E-state index >= 15 is 0 Å². The van der Waals surface area contributed by atoms with Gasteiger partial charge in [-0.2, -0.15) is 0 Å². The van der Waals surface area contributed by atoms with Crippen molar-refractivity contribution in [3.05, 3.63) is 39.4 Å². The summed E-state index contributed by atoms with van der Waals surface area (Å²) in [5.41, 5.74) is 0.0334.